The van der Waals surface area contributed by atoms with E-state index in [-0.39, 0.29) is 6.42 Å². The van der Waals surface area contributed by atoms with Crippen molar-refractivity contribution in [2.75, 3.05) is 5.32 Å². The summed E-state index contributed by atoms with van der Waals surface area (Å²) in [6, 6.07) is 6.17. The average Bonchev–Trinajstić information content (AvgIpc) is 2.64. The van der Waals surface area contributed by atoms with Crippen LogP contribution >= 0.6 is 11.3 Å². The van der Waals surface area contributed by atoms with Gasteiger partial charge in [-0.05, 0) is 38.0 Å². The topological polar surface area (TPSA) is 62.2 Å². The van der Waals surface area contributed by atoms with Gasteiger partial charge in [0.1, 0.15) is 0 Å². The monoisotopic (exact) mass is 276 g/mol. The highest BCUT2D eigenvalue weighted by Gasteiger charge is 2.11. The van der Waals surface area contributed by atoms with Gasteiger partial charge in [-0.3, -0.25) is 4.79 Å². The van der Waals surface area contributed by atoms with E-state index in [4.69, 9.17) is 5.11 Å². The molecule has 0 unspecified atom stereocenters. The number of thiazole rings is 1. The molecule has 0 aliphatic heterocycles. The van der Waals surface area contributed by atoms with E-state index in [2.05, 4.69) is 28.5 Å². The predicted octanol–water partition coefficient (Wildman–Crippen LogP) is 3.44. The second-order valence-electron chi connectivity index (χ2n) is 4.54. The molecule has 19 heavy (non-hydrogen) atoms. The van der Waals surface area contributed by atoms with Crippen LogP contribution in [0.4, 0.5) is 10.8 Å². The van der Waals surface area contributed by atoms with E-state index in [1.54, 1.807) is 0 Å². The highest BCUT2D eigenvalue weighted by molar-refractivity contribution is 7.15. The van der Waals surface area contributed by atoms with Gasteiger partial charge in [0.2, 0.25) is 0 Å². The first-order valence-electron chi connectivity index (χ1n) is 5.98. The second-order valence-corrected chi connectivity index (χ2v) is 5.63. The standard InChI is InChI=1S/C14H16N2O2S/c1-8-4-5-9(2)11(6-8)16-14-15-10(3)12(19-14)7-13(17)18/h4-6H,7H2,1-3H3,(H,15,16)(H,17,18). The third-order valence-corrected chi connectivity index (χ3v) is 3.91. The number of carboxylic acid groups (broad SMARTS) is 1. The van der Waals surface area contributed by atoms with Gasteiger partial charge in [0, 0.05) is 10.6 Å². The Morgan fingerprint density at radius 1 is 1.37 bits per heavy atom. The molecule has 0 spiro atoms. The summed E-state index contributed by atoms with van der Waals surface area (Å²) in [6.45, 7) is 5.90. The van der Waals surface area contributed by atoms with Crippen LogP contribution in [0.1, 0.15) is 21.7 Å². The number of carbonyl (C=O) groups is 1. The fourth-order valence-electron chi connectivity index (χ4n) is 1.77. The van der Waals surface area contributed by atoms with Crippen LogP contribution in [-0.4, -0.2) is 16.1 Å². The number of nitrogens with zero attached hydrogens (tertiary/aromatic N) is 1. The van der Waals surface area contributed by atoms with Gasteiger partial charge in [-0.25, -0.2) is 4.98 Å². The lowest BCUT2D eigenvalue weighted by atomic mass is 10.1. The number of aryl methyl sites for hydroxylation is 3. The molecule has 0 aliphatic carbocycles. The Morgan fingerprint density at radius 3 is 2.79 bits per heavy atom. The van der Waals surface area contributed by atoms with E-state index < -0.39 is 5.97 Å². The van der Waals surface area contributed by atoms with Crippen molar-refractivity contribution in [1.82, 2.24) is 4.98 Å². The molecule has 2 rings (SSSR count). The maximum Gasteiger partial charge on any atom is 0.308 e. The third-order valence-electron chi connectivity index (χ3n) is 2.84. The van der Waals surface area contributed by atoms with Crippen LogP contribution in [0.5, 0.6) is 0 Å². The molecule has 4 nitrogen and oxygen atoms in total. The Bertz CT molecular complexity index is 620. The van der Waals surface area contributed by atoms with Crippen LogP contribution in [0.25, 0.3) is 0 Å². The molecule has 0 fully saturated rings. The molecule has 100 valence electrons. The molecular formula is C14H16N2O2S. The van der Waals surface area contributed by atoms with Crippen molar-refractivity contribution in [3.63, 3.8) is 0 Å². The Hall–Kier alpha value is -1.88. The Kier molecular flexibility index (Phi) is 3.85. The van der Waals surface area contributed by atoms with Gasteiger partial charge in [0.05, 0.1) is 12.1 Å². The van der Waals surface area contributed by atoms with E-state index in [0.29, 0.717) is 0 Å². The summed E-state index contributed by atoms with van der Waals surface area (Å²) in [5.41, 5.74) is 4.10. The zero-order chi connectivity index (χ0) is 14.0. The molecule has 0 saturated carbocycles. The number of hydrogen-bond donors (Lipinski definition) is 2. The molecule has 0 atom stereocenters. The fraction of sp³-hybridized carbons (Fsp3) is 0.286. The Balaban J connectivity index is 2.24. The summed E-state index contributed by atoms with van der Waals surface area (Å²) >= 11 is 1.39. The zero-order valence-electron chi connectivity index (χ0n) is 11.2. The number of anilines is 2. The molecular weight excluding hydrogens is 260 g/mol. The van der Waals surface area contributed by atoms with Crippen molar-refractivity contribution in [3.8, 4) is 0 Å². The minimum atomic E-state index is -0.829. The SMILES string of the molecule is Cc1ccc(C)c(Nc2nc(C)c(CC(=O)O)s2)c1. The smallest absolute Gasteiger partial charge is 0.308 e. The van der Waals surface area contributed by atoms with E-state index >= 15 is 0 Å². The van der Waals surface area contributed by atoms with Crippen molar-refractivity contribution in [2.45, 2.75) is 27.2 Å². The van der Waals surface area contributed by atoms with Crippen LogP contribution in [-0.2, 0) is 11.2 Å². The summed E-state index contributed by atoms with van der Waals surface area (Å²) in [6.07, 6.45) is 0.0258. The zero-order valence-corrected chi connectivity index (χ0v) is 12.0. The number of aromatic nitrogens is 1. The van der Waals surface area contributed by atoms with E-state index in [1.165, 1.54) is 16.9 Å². The largest absolute Gasteiger partial charge is 0.481 e. The molecule has 5 heteroatoms. The van der Waals surface area contributed by atoms with Gasteiger partial charge in [-0.1, -0.05) is 12.1 Å². The fourth-order valence-corrected chi connectivity index (χ4v) is 2.73. The molecule has 2 N–H and O–H groups in total. The number of rotatable bonds is 4. The van der Waals surface area contributed by atoms with Crippen molar-refractivity contribution < 1.29 is 9.90 Å². The van der Waals surface area contributed by atoms with E-state index in [9.17, 15) is 4.79 Å². The summed E-state index contributed by atoms with van der Waals surface area (Å²) in [5.74, 6) is -0.829. The average molecular weight is 276 g/mol. The highest BCUT2D eigenvalue weighted by Crippen LogP contribution is 2.28. The summed E-state index contributed by atoms with van der Waals surface area (Å²) < 4.78 is 0. The minimum Gasteiger partial charge on any atom is -0.481 e. The van der Waals surface area contributed by atoms with Gasteiger partial charge in [-0.2, -0.15) is 0 Å². The maximum atomic E-state index is 10.7. The van der Waals surface area contributed by atoms with Crippen LogP contribution in [0.2, 0.25) is 0 Å². The van der Waals surface area contributed by atoms with Crippen LogP contribution in [0, 0.1) is 20.8 Å². The molecule has 0 saturated heterocycles. The molecule has 0 bridgehead atoms. The van der Waals surface area contributed by atoms with Crippen LogP contribution in [0.15, 0.2) is 18.2 Å². The van der Waals surface area contributed by atoms with Gasteiger partial charge >= 0.3 is 5.97 Å². The molecule has 1 aromatic carbocycles. The molecule has 0 amide bonds. The maximum absolute atomic E-state index is 10.7. The van der Waals surface area contributed by atoms with E-state index in [0.717, 1.165) is 27.0 Å². The summed E-state index contributed by atoms with van der Waals surface area (Å²) in [5, 5.41) is 12.8. The summed E-state index contributed by atoms with van der Waals surface area (Å²) in [7, 11) is 0. The lowest BCUT2D eigenvalue weighted by Crippen LogP contribution is -1.99. The second kappa shape index (κ2) is 5.40. The van der Waals surface area contributed by atoms with E-state index in [1.807, 2.05) is 20.8 Å². The van der Waals surface area contributed by atoms with Crippen molar-refractivity contribution >= 4 is 28.1 Å². The van der Waals surface area contributed by atoms with Crippen LogP contribution in [0.3, 0.4) is 0 Å². The number of carboxylic acids is 1. The quantitative estimate of drug-likeness (QED) is 0.898. The molecule has 0 aliphatic rings. The minimum absolute atomic E-state index is 0.0258. The first kappa shape index (κ1) is 13.5. The van der Waals surface area contributed by atoms with Gasteiger partial charge in [0.15, 0.2) is 5.13 Å². The molecule has 2 aromatic rings. The van der Waals surface area contributed by atoms with Crippen molar-refractivity contribution in [1.29, 1.82) is 0 Å². The van der Waals surface area contributed by atoms with Gasteiger partial charge in [-0.15, -0.1) is 11.3 Å². The highest BCUT2D eigenvalue weighted by atomic mass is 32.1. The number of aliphatic carboxylic acids is 1. The predicted molar refractivity (Wildman–Crippen MR) is 77.4 cm³/mol. The Morgan fingerprint density at radius 2 is 2.11 bits per heavy atom. The first-order valence-corrected chi connectivity index (χ1v) is 6.79. The lowest BCUT2D eigenvalue weighted by Gasteiger charge is -2.07. The first-order chi connectivity index (χ1) is 8.95. The molecule has 1 aromatic heterocycles. The van der Waals surface area contributed by atoms with Gasteiger partial charge in [0.25, 0.3) is 0 Å². The molecule has 0 radical (unpaired) electrons. The lowest BCUT2D eigenvalue weighted by molar-refractivity contribution is -0.136. The Labute approximate surface area is 116 Å². The number of benzene rings is 1. The number of hydrogen-bond acceptors (Lipinski definition) is 4. The normalized spacial score (nSPS) is 10.5. The van der Waals surface area contributed by atoms with Crippen LogP contribution < -0.4 is 5.32 Å². The van der Waals surface area contributed by atoms with Crippen molar-refractivity contribution in [3.05, 3.63) is 39.9 Å². The van der Waals surface area contributed by atoms with Gasteiger partial charge < -0.3 is 10.4 Å². The number of nitrogens with one attached hydrogen (secondary N) is 1. The third kappa shape index (κ3) is 3.32. The summed E-state index contributed by atoms with van der Waals surface area (Å²) in [4.78, 5) is 15.9. The van der Waals surface area contributed by atoms with Crippen molar-refractivity contribution in [2.24, 2.45) is 0 Å². The molecule has 1 heterocycles.